The number of nitrogen functional groups attached to an aromatic ring is 1. The molecule has 0 aliphatic heterocycles. The van der Waals surface area contributed by atoms with Crippen molar-refractivity contribution in [3.63, 3.8) is 0 Å². The first-order valence-electron chi connectivity index (χ1n) is 4.53. The third-order valence-electron chi connectivity index (χ3n) is 2.63. The zero-order valence-corrected chi connectivity index (χ0v) is 8.41. The van der Waals surface area contributed by atoms with E-state index in [1.807, 2.05) is 38.1 Å². The molecular weight excluding hydrogens is 162 g/mol. The Morgan fingerprint density at radius 1 is 1.31 bits per heavy atom. The number of hydrogen-bond donors (Lipinski definition) is 2. The van der Waals surface area contributed by atoms with E-state index in [-0.39, 0.29) is 5.92 Å². The van der Waals surface area contributed by atoms with Crippen molar-refractivity contribution in [1.29, 1.82) is 0 Å². The lowest BCUT2D eigenvalue weighted by molar-refractivity contribution is 0.00978. The van der Waals surface area contributed by atoms with Crippen molar-refractivity contribution in [3.05, 3.63) is 29.8 Å². The van der Waals surface area contributed by atoms with Gasteiger partial charge < -0.3 is 10.8 Å². The highest BCUT2D eigenvalue weighted by Crippen LogP contribution is 2.32. The maximum absolute atomic E-state index is 10.2. The Hall–Kier alpha value is -1.02. The Bertz CT molecular complexity index is 292. The Morgan fingerprint density at radius 3 is 2.31 bits per heavy atom. The van der Waals surface area contributed by atoms with Crippen LogP contribution in [0.15, 0.2) is 24.3 Å². The van der Waals surface area contributed by atoms with E-state index in [2.05, 4.69) is 0 Å². The largest absolute Gasteiger partial charge is 0.398 e. The maximum atomic E-state index is 10.2. The van der Waals surface area contributed by atoms with Crippen LogP contribution in [0.2, 0.25) is 0 Å². The number of hydrogen-bond acceptors (Lipinski definition) is 2. The second-order valence-electron chi connectivity index (χ2n) is 3.89. The van der Waals surface area contributed by atoms with Crippen LogP contribution in [0.1, 0.15) is 26.3 Å². The van der Waals surface area contributed by atoms with Gasteiger partial charge in [0, 0.05) is 11.3 Å². The molecule has 0 saturated heterocycles. The second kappa shape index (κ2) is 3.38. The molecule has 0 heterocycles. The molecular formula is C11H17NO. The van der Waals surface area contributed by atoms with E-state index in [1.54, 1.807) is 6.92 Å². The van der Waals surface area contributed by atoms with E-state index in [9.17, 15) is 5.11 Å². The number of nitrogens with two attached hydrogens (primary N) is 1. The fourth-order valence-corrected chi connectivity index (χ4v) is 1.27. The lowest BCUT2D eigenvalue weighted by atomic mass is 9.84. The lowest BCUT2D eigenvalue weighted by Gasteiger charge is -2.29. The minimum Gasteiger partial charge on any atom is -0.398 e. The number of rotatable bonds is 2. The molecule has 0 amide bonds. The minimum atomic E-state index is -0.842. The fraction of sp³-hybridized carbons (Fsp3) is 0.455. The van der Waals surface area contributed by atoms with Crippen LogP contribution in [-0.4, -0.2) is 5.11 Å². The van der Waals surface area contributed by atoms with Gasteiger partial charge in [-0.3, -0.25) is 0 Å². The van der Waals surface area contributed by atoms with Crippen LogP contribution >= 0.6 is 0 Å². The molecule has 0 fully saturated rings. The SMILES string of the molecule is CC(C)[C@@](C)(O)c1ccccc1N. The predicted molar refractivity (Wildman–Crippen MR) is 55.3 cm³/mol. The standard InChI is InChI=1S/C11H17NO/c1-8(2)11(3,13)9-6-4-5-7-10(9)12/h4-8,13H,12H2,1-3H3/t11-/m1/s1. The smallest absolute Gasteiger partial charge is 0.0911 e. The zero-order chi connectivity index (χ0) is 10.1. The normalized spacial score (nSPS) is 15.8. The fourth-order valence-electron chi connectivity index (χ4n) is 1.27. The quantitative estimate of drug-likeness (QED) is 0.683. The summed E-state index contributed by atoms with van der Waals surface area (Å²) in [6.07, 6.45) is 0. The first-order valence-corrected chi connectivity index (χ1v) is 4.53. The van der Waals surface area contributed by atoms with Crippen LogP contribution < -0.4 is 5.73 Å². The van der Waals surface area contributed by atoms with Crippen LogP contribution in [0.3, 0.4) is 0 Å². The molecule has 13 heavy (non-hydrogen) atoms. The number of anilines is 1. The van der Waals surface area contributed by atoms with E-state index in [1.165, 1.54) is 0 Å². The molecule has 0 aliphatic rings. The van der Waals surface area contributed by atoms with Gasteiger partial charge in [0.25, 0.3) is 0 Å². The summed E-state index contributed by atoms with van der Waals surface area (Å²) >= 11 is 0. The molecule has 2 heteroatoms. The van der Waals surface area contributed by atoms with Gasteiger partial charge in [0.05, 0.1) is 5.60 Å². The van der Waals surface area contributed by atoms with Crippen molar-refractivity contribution in [2.24, 2.45) is 5.92 Å². The van der Waals surface area contributed by atoms with Crippen LogP contribution in [0.25, 0.3) is 0 Å². The summed E-state index contributed by atoms with van der Waals surface area (Å²) in [5.74, 6) is 0.150. The first-order chi connectivity index (χ1) is 5.96. The van der Waals surface area contributed by atoms with E-state index in [0.29, 0.717) is 5.69 Å². The molecule has 0 radical (unpaired) electrons. The summed E-state index contributed by atoms with van der Waals surface area (Å²) < 4.78 is 0. The molecule has 1 atom stereocenters. The summed E-state index contributed by atoms with van der Waals surface area (Å²) in [5.41, 5.74) is 6.41. The zero-order valence-electron chi connectivity index (χ0n) is 8.41. The second-order valence-corrected chi connectivity index (χ2v) is 3.89. The number of benzene rings is 1. The van der Waals surface area contributed by atoms with Gasteiger partial charge in [-0.25, -0.2) is 0 Å². The summed E-state index contributed by atoms with van der Waals surface area (Å²) in [6.45, 7) is 5.75. The Kier molecular flexibility index (Phi) is 2.62. The Labute approximate surface area is 79.4 Å². The summed E-state index contributed by atoms with van der Waals surface area (Å²) in [7, 11) is 0. The predicted octanol–water partition coefficient (Wildman–Crippen LogP) is 2.13. The average Bonchev–Trinajstić information content (AvgIpc) is 2.04. The molecule has 0 bridgehead atoms. The van der Waals surface area contributed by atoms with E-state index in [4.69, 9.17) is 5.73 Å². The maximum Gasteiger partial charge on any atom is 0.0911 e. The van der Waals surface area contributed by atoms with E-state index < -0.39 is 5.60 Å². The van der Waals surface area contributed by atoms with Crippen LogP contribution in [0, 0.1) is 5.92 Å². The highest BCUT2D eigenvalue weighted by Gasteiger charge is 2.28. The number of aliphatic hydroxyl groups is 1. The number of para-hydroxylation sites is 1. The van der Waals surface area contributed by atoms with Crippen molar-refractivity contribution < 1.29 is 5.11 Å². The summed E-state index contributed by atoms with van der Waals surface area (Å²) in [4.78, 5) is 0. The molecule has 2 nitrogen and oxygen atoms in total. The van der Waals surface area contributed by atoms with Crippen molar-refractivity contribution in [1.82, 2.24) is 0 Å². The highest BCUT2D eigenvalue weighted by atomic mass is 16.3. The third kappa shape index (κ3) is 1.83. The van der Waals surface area contributed by atoms with Gasteiger partial charge in [0.15, 0.2) is 0 Å². The van der Waals surface area contributed by atoms with Crippen LogP contribution in [-0.2, 0) is 5.60 Å². The van der Waals surface area contributed by atoms with Gasteiger partial charge in [-0.2, -0.15) is 0 Å². The Balaban J connectivity index is 3.14. The third-order valence-corrected chi connectivity index (χ3v) is 2.63. The molecule has 72 valence electrons. The molecule has 0 aromatic heterocycles. The van der Waals surface area contributed by atoms with Gasteiger partial charge in [-0.15, -0.1) is 0 Å². The summed E-state index contributed by atoms with van der Waals surface area (Å²) in [5, 5.41) is 10.2. The van der Waals surface area contributed by atoms with Crippen molar-refractivity contribution in [2.45, 2.75) is 26.4 Å². The molecule has 3 N–H and O–H groups in total. The van der Waals surface area contributed by atoms with Gasteiger partial charge >= 0.3 is 0 Å². The Morgan fingerprint density at radius 2 is 1.85 bits per heavy atom. The highest BCUT2D eigenvalue weighted by molar-refractivity contribution is 5.49. The summed E-state index contributed by atoms with van der Waals surface area (Å²) in [6, 6.07) is 7.44. The first kappa shape index (κ1) is 10.1. The molecule has 1 aromatic carbocycles. The van der Waals surface area contributed by atoms with Gasteiger partial charge in [-0.05, 0) is 18.9 Å². The van der Waals surface area contributed by atoms with Crippen LogP contribution in [0.5, 0.6) is 0 Å². The van der Waals surface area contributed by atoms with E-state index >= 15 is 0 Å². The van der Waals surface area contributed by atoms with Crippen molar-refractivity contribution in [2.75, 3.05) is 5.73 Å². The van der Waals surface area contributed by atoms with Gasteiger partial charge in [-0.1, -0.05) is 32.0 Å². The molecule has 0 saturated carbocycles. The van der Waals surface area contributed by atoms with Gasteiger partial charge in [0.2, 0.25) is 0 Å². The monoisotopic (exact) mass is 179 g/mol. The molecule has 0 unspecified atom stereocenters. The topological polar surface area (TPSA) is 46.2 Å². The van der Waals surface area contributed by atoms with Gasteiger partial charge in [0.1, 0.15) is 0 Å². The lowest BCUT2D eigenvalue weighted by Crippen LogP contribution is -2.28. The van der Waals surface area contributed by atoms with E-state index in [0.717, 1.165) is 5.56 Å². The van der Waals surface area contributed by atoms with Crippen molar-refractivity contribution >= 4 is 5.69 Å². The van der Waals surface area contributed by atoms with Crippen molar-refractivity contribution in [3.8, 4) is 0 Å². The van der Waals surface area contributed by atoms with Crippen LogP contribution in [0.4, 0.5) is 5.69 Å². The molecule has 0 spiro atoms. The molecule has 1 rings (SSSR count). The molecule has 1 aromatic rings. The average molecular weight is 179 g/mol. The minimum absolute atomic E-state index is 0.150. The molecule has 0 aliphatic carbocycles.